The number of amides is 1. The van der Waals surface area contributed by atoms with Gasteiger partial charge in [0.15, 0.2) is 5.65 Å². The first kappa shape index (κ1) is 20.8. The van der Waals surface area contributed by atoms with E-state index < -0.39 is 0 Å². The third-order valence-corrected chi connectivity index (χ3v) is 6.59. The van der Waals surface area contributed by atoms with Crippen LogP contribution >= 0.6 is 15.9 Å². The van der Waals surface area contributed by atoms with Crippen molar-refractivity contribution >= 4 is 27.5 Å². The van der Waals surface area contributed by atoms with Gasteiger partial charge in [-0.25, -0.2) is 9.50 Å². The van der Waals surface area contributed by atoms with Crippen molar-refractivity contribution in [3.8, 4) is 11.1 Å². The molecule has 5 rings (SSSR count). The Morgan fingerprint density at radius 1 is 0.969 bits per heavy atom. The lowest BCUT2D eigenvalue weighted by Crippen LogP contribution is -2.48. The number of carbonyl (C=O) groups is 1. The first-order chi connectivity index (χ1) is 15.6. The van der Waals surface area contributed by atoms with E-state index in [9.17, 15) is 4.79 Å². The molecule has 0 aliphatic carbocycles. The zero-order valence-electron chi connectivity index (χ0n) is 17.9. The molecule has 0 N–H and O–H groups in total. The highest BCUT2D eigenvalue weighted by Gasteiger charge is 2.25. The molecular weight excluding hydrogens is 466 g/mol. The summed E-state index contributed by atoms with van der Waals surface area (Å²) < 4.78 is 2.80. The predicted molar refractivity (Wildman–Crippen MR) is 128 cm³/mol. The molecule has 0 radical (unpaired) electrons. The van der Waals surface area contributed by atoms with Crippen LogP contribution in [0.15, 0.2) is 71.5 Å². The molecule has 0 unspecified atom stereocenters. The summed E-state index contributed by atoms with van der Waals surface area (Å²) in [5.41, 5.74) is 5.49. The number of halogens is 1. The van der Waals surface area contributed by atoms with Gasteiger partial charge in [0.2, 0.25) is 0 Å². The predicted octanol–water partition coefficient (Wildman–Crippen LogP) is 4.43. The van der Waals surface area contributed by atoms with Gasteiger partial charge in [-0.05, 0) is 30.2 Å². The summed E-state index contributed by atoms with van der Waals surface area (Å²) in [6, 6.07) is 18.5. The van der Waals surface area contributed by atoms with E-state index in [1.54, 1.807) is 10.7 Å². The minimum atomic E-state index is 0.0250. The molecule has 0 spiro atoms. The molecular formula is C25H24BrN5O. The van der Waals surface area contributed by atoms with Crippen molar-refractivity contribution in [2.24, 2.45) is 0 Å². The molecule has 32 heavy (non-hydrogen) atoms. The molecule has 6 nitrogen and oxygen atoms in total. The first-order valence-electron chi connectivity index (χ1n) is 10.7. The molecule has 162 valence electrons. The summed E-state index contributed by atoms with van der Waals surface area (Å²) >= 11 is 3.47. The van der Waals surface area contributed by atoms with Crippen molar-refractivity contribution in [1.29, 1.82) is 0 Å². The minimum Gasteiger partial charge on any atom is -0.336 e. The van der Waals surface area contributed by atoms with Crippen molar-refractivity contribution in [3.05, 3.63) is 88.3 Å². The molecule has 0 bridgehead atoms. The number of benzene rings is 2. The molecule has 1 aliphatic rings. The Hall–Kier alpha value is -3.03. The zero-order chi connectivity index (χ0) is 22.1. The highest BCUT2D eigenvalue weighted by molar-refractivity contribution is 9.10. The molecule has 4 aromatic rings. The maximum absolute atomic E-state index is 13.3. The van der Waals surface area contributed by atoms with Crippen LogP contribution in [0.4, 0.5) is 0 Å². The van der Waals surface area contributed by atoms with Gasteiger partial charge in [0, 0.05) is 49.0 Å². The second kappa shape index (κ2) is 8.84. The number of carbonyl (C=O) groups excluding carboxylic acids is 1. The number of hydrogen-bond donors (Lipinski definition) is 0. The van der Waals surface area contributed by atoms with Crippen LogP contribution in [-0.4, -0.2) is 56.5 Å². The summed E-state index contributed by atoms with van der Waals surface area (Å²) in [7, 11) is 0. The van der Waals surface area contributed by atoms with Gasteiger partial charge >= 0.3 is 0 Å². The monoisotopic (exact) mass is 489 g/mol. The van der Waals surface area contributed by atoms with Crippen molar-refractivity contribution < 1.29 is 4.79 Å². The SMILES string of the molecule is Cc1c(C(=O)N2CCN(Cc3ccccc3)CC2)cnc2c(-c3ccc(Br)cc3)cnn12. The summed E-state index contributed by atoms with van der Waals surface area (Å²) in [6.07, 6.45) is 3.52. The molecule has 2 aromatic heterocycles. The lowest BCUT2D eigenvalue weighted by atomic mass is 10.1. The van der Waals surface area contributed by atoms with Crippen molar-refractivity contribution in [1.82, 2.24) is 24.4 Å². The summed E-state index contributed by atoms with van der Waals surface area (Å²) in [4.78, 5) is 22.2. The quantitative estimate of drug-likeness (QED) is 0.425. The van der Waals surface area contributed by atoms with E-state index in [0.717, 1.165) is 46.6 Å². The Balaban J connectivity index is 1.32. The normalized spacial score (nSPS) is 14.8. The van der Waals surface area contributed by atoms with Gasteiger partial charge < -0.3 is 4.90 Å². The highest BCUT2D eigenvalue weighted by Crippen LogP contribution is 2.26. The number of rotatable bonds is 4. The Bertz CT molecular complexity index is 1240. The van der Waals surface area contributed by atoms with Gasteiger partial charge in [0.1, 0.15) is 0 Å². The van der Waals surface area contributed by atoms with Gasteiger partial charge in [-0.3, -0.25) is 9.69 Å². The number of nitrogens with zero attached hydrogens (tertiary/aromatic N) is 5. The number of aromatic nitrogens is 3. The third kappa shape index (κ3) is 4.06. The number of aryl methyl sites for hydroxylation is 1. The van der Waals surface area contributed by atoms with Gasteiger partial charge in [-0.15, -0.1) is 0 Å². The minimum absolute atomic E-state index is 0.0250. The van der Waals surface area contributed by atoms with E-state index in [0.29, 0.717) is 18.7 Å². The van der Waals surface area contributed by atoms with Crippen LogP contribution in [0.3, 0.4) is 0 Å². The van der Waals surface area contributed by atoms with Crippen molar-refractivity contribution in [3.63, 3.8) is 0 Å². The van der Waals surface area contributed by atoms with E-state index in [4.69, 9.17) is 0 Å². The second-order valence-electron chi connectivity index (χ2n) is 8.11. The summed E-state index contributed by atoms with van der Waals surface area (Å²) in [5.74, 6) is 0.0250. The second-order valence-corrected chi connectivity index (χ2v) is 9.03. The molecule has 1 fully saturated rings. The van der Waals surface area contributed by atoms with Crippen molar-refractivity contribution in [2.75, 3.05) is 26.2 Å². The van der Waals surface area contributed by atoms with Crippen LogP contribution in [0.25, 0.3) is 16.8 Å². The summed E-state index contributed by atoms with van der Waals surface area (Å²) in [5, 5.41) is 4.53. The van der Waals surface area contributed by atoms with Gasteiger partial charge in [0.25, 0.3) is 5.91 Å². The van der Waals surface area contributed by atoms with Crippen LogP contribution in [0, 0.1) is 6.92 Å². The van der Waals surface area contributed by atoms with Crippen LogP contribution in [-0.2, 0) is 6.54 Å². The largest absolute Gasteiger partial charge is 0.336 e. The Kier molecular flexibility index (Phi) is 5.76. The summed E-state index contributed by atoms with van der Waals surface area (Å²) in [6.45, 7) is 6.02. The average Bonchev–Trinajstić information content (AvgIpc) is 3.26. The number of piperazine rings is 1. The molecule has 2 aromatic carbocycles. The maximum atomic E-state index is 13.3. The van der Waals surface area contributed by atoms with Gasteiger partial charge in [0.05, 0.1) is 17.5 Å². The fraction of sp³-hybridized carbons (Fsp3) is 0.240. The standard InChI is InChI=1S/C25H24BrN5O/c1-18-22(15-27-24-23(16-28-31(18)24)20-7-9-21(26)10-8-20)25(32)30-13-11-29(12-14-30)17-19-5-3-2-4-6-19/h2-10,15-16H,11-14,17H2,1H3. The molecule has 0 saturated carbocycles. The Morgan fingerprint density at radius 2 is 1.69 bits per heavy atom. The lowest BCUT2D eigenvalue weighted by molar-refractivity contribution is 0.0626. The topological polar surface area (TPSA) is 53.7 Å². The number of hydrogen-bond acceptors (Lipinski definition) is 4. The zero-order valence-corrected chi connectivity index (χ0v) is 19.5. The van der Waals surface area contributed by atoms with Crippen LogP contribution in [0.1, 0.15) is 21.6 Å². The Labute approximate surface area is 195 Å². The maximum Gasteiger partial charge on any atom is 0.257 e. The van der Waals surface area contributed by atoms with Crippen LogP contribution in [0.2, 0.25) is 0 Å². The lowest BCUT2D eigenvalue weighted by Gasteiger charge is -2.35. The fourth-order valence-electron chi connectivity index (χ4n) is 4.21. The van der Waals surface area contributed by atoms with E-state index in [1.807, 2.05) is 48.4 Å². The van der Waals surface area contributed by atoms with E-state index in [2.05, 4.69) is 55.2 Å². The molecule has 3 heterocycles. The van der Waals surface area contributed by atoms with Crippen LogP contribution < -0.4 is 0 Å². The van der Waals surface area contributed by atoms with E-state index >= 15 is 0 Å². The third-order valence-electron chi connectivity index (χ3n) is 6.06. The molecule has 7 heteroatoms. The van der Waals surface area contributed by atoms with E-state index in [1.165, 1.54) is 5.56 Å². The van der Waals surface area contributed by atoms with Crippen molar-refractivity contribution in [2.45, 2.75) is 13.5 Å². The smallest absolute Gasteiger partial charge is 0.257 e. The highest BCUT2D eigenvalue weighted by atomic mass is 79.9. The van der Waals surface area contributed by atoms with Crippen LogP contribution in [0.5, 0.6) is 0 Å². The number of fused-ring (bicyclic) bond motifs is 1. The molecule has 1 aliphatic heterocycles. The van der Waals surface area contributed by atoms with E-state index in [-0.39, 0.29) is 5.91 Å². The molecule has 1 saturated heterocycles. The molecule has 0 atom stereocenters. The Morgan fingerprint density at radius 3 is 2.41 bits per heavy atom. The van der Waals surface area contributed by atoms with Gasteiger partial charge in [-0.1, -0.05) is 58.4 Å². The van der Waals surface area contributed by atoms with Gasteiger partial charge in [-0.2, -0.15) is 5.10 Å². The molecule has 1 amide bonds. The first-order valence-corrected chi connectivity index (χ1v) is 11.5. The average molecular weight is 490 g/mol. The fourth-order valence-corrected chi connectivity index (χ4v) is 4.47.